The van der Waals surface area contributed by atoms with Crippen LogP contribution in [0.25, 0.3) is 54.9 Å². The Morgan fingerprint density at radius 3 is 1.24 bits per heavy atom. The molecule has 10 rings (SSSR count). The van der Waals surface area contributed by atoms with Gasteiger partial charge in [-0.2, -0.15) is 0 Å². The fraction of sp³-hybridized carbons (Fsp3) is 0.197. The molecule has 0 spiro atoms. The van der Waals surface area contributed by atoms with Crippen LogP contribution in [0, 0.1) is 0 Å². The summed E-state index contributed by atoms with van der Waals surface area (Å²) in [6.45, 7) is 14.3. The van der Waals surface area contributed by atoms with Gasteiger partial charge in [0.05, 0.1) is 0 Å². The predicted octanol–water partition coefficient (Wildman–Crippen LogP) is 16.4. The third kappa shape index (κ3) is 6.80. The monoisotopic (exact) mass is 880 g/mol. The van der Waals surface area contributed by atoms with Crippen molar-refractivity contribution in [1.29, 1.82) is 0 Å². The van der Waals surface area contributed by atoms with Crippen LogP contribution >= 0.6 is 0 Å². The van der Waals surface area contributed by atoms with Gasteiger partial charge in [0.15, 0.2) is 0 Å². The van der Waals surface area contributed by atoms with Gasteiger partial charge in [-0.15, -0.1) is 0 Å². The van der Waals surface area contributed by atoms with E-state index < -0.39 is 18.3 Å². The summed E-state index contributed by atoms with van der Waals surface area (Å²) in [6.07, 6.45) is 9.75. The molecule has 8 aromatic rings. The van der Waals surface area contributed by atoms with Gasteiger partial charge in [-0.1, -0.05) is 0 Å². The van der Waals surface area contributed by atoms with Gasteiger partial charge < -0.3 is 0 Å². The number of hydrogen-bond acceptors (Lipinski definition) is 0. The molecule has 2 aliphatic carbocycles. The van der Waals surface area contributed by atoms with Crippen molar-refractivity contribution in [2.24, 2.45) is 0 Å². The Bertz CT molecular complexity index is 2930. The molecule has 2 aliphatic rings. The molecule has 0 unspecified atom stereocenters. The third-order valence-electron chi connectivity index (χ3n) is 14.6. The third-order valence-corrected chi connectivity index (χ3v) is 31.6. The molecule has 1 heteroatoms. The van der Waals surface area contributed by atoms with E-state index in [0.717, 1.165) is 8.26 Å². The Morgan fingerprint density at radius 1 is 0.435 bits per heavy atom. The van der Waals surface area contributed by atoms with Gasteiger partial charge in [-0.25, -0.2) is 0 Å². The van der Waals surface area contributed by atoms with E-state index in [4.69, 9.17) is 4.21 Å². The van der Waals surface area contributed by atoms with E-state index in [-0.39, 0.29) is 18.1 Å². The van der Waals surface area contributed by atoms with Gasteiger partial charge in [0.1, 0.15) is 0 Å². The summed E-state index contributed by atoms with van der Waals surface area (Å²) in [7, 11) is 0. The fourth-order valence-electron chi connectivity index (χ4n) is 11.7. The second kappa shape index (κ2) is 15.1. The van der Waals surface area contributed by atoms with Crippen molar-refractivity contribution in [2.75, 3.05) is 0 Å². The second-order valence-electron chi connectivity index (χ2n) is 20.7. The van der Waals surface area contributed by atoms with Gasteiger partial charge in [0.25, 0.3) is 0 Å². The normalized spacial score (nSPS) is 14.5. The zero-order valence-corrected chi connectivity index (χ0v) is 39.7. The quantitative estimate of drug-likeness (QED) is 0.143. The minimum atomic E-state index is -4.94. The predicted molar refractivity (Wildman–Crippen MR) is 266 cm³/mol. The zero-order valence-electron chi connectivity index (χ0n) is 37.3. The number of allylic oxidation sites excluding steroid dienone is 4. The Hall–Kier alpha value is -5.49. The molecule has 0 saturated heterocycles. The first-order valence-electron chi connectivity index (χ1n) is 22.6. The van der Waals surface area contributed by atoms with Crippen molar-refractivity contribution >= 4 is 25.8 Å². The molecular formula is C61H58Zr. The Morgan fingerprint density at radius 2 is 0.823 bits per heavy atom. The summed E-state index contributed by atoms with van der Waals surface area (Å²) < 4.78 is 8.40. The van der Waals surface area contributed by atoms with Crippen molar-refractivity contribution < 1.29 is 18.3 Å². The van der Waals surface area contributed by atoms with Gasteiger partial charge in [-0.3, -0.25) is 0 Å². The molecule has 0 bridgehead atoms. The molecule has 0 fully saturated rings. The van der Waals surface area contributed by atoms with Gasteiger partial charge in [0.2, 0.25) is 0 Å². The van der Waals surface area contributed by atoms with Gasteiger partial charge in [-0.05, 0) is 0 Å². The Labute approximate surface area is 370 Å². The first-order valence-corrected chi connectivity index (χ1v) is 30.7. The van der Waals surface area contributed by atoms with Crippen LogP contribution < -0.4 is 0 Å². The molecule has 62 heavy (non-hydrogen) atoms. The van der Waals surface area contributed by atoms with Crippen molar-refractivity contribution in [1.82, 2.24) is 0 Å². The number of fused-ring (bicyclic) bond motifs is 5. The van der Waals surface area contributed by atoms with Crippen LogP contribution in [0.15, 0.2) is 194 Å². The van der Waals surface area contributed by atoms with Gasteiger partial charge in [0, 0.05) is 0 Å². The van der Waals surface area contributed by atoms with E-state index in [2.05, 4.69) is 236 Å². The topological polar surface area (TPSA) is 0 Å². The second-order valence-corrected chi connectivity index (χ2v) is 36.0. The van der Waals surface area contributed by atoms with E-state index in [1.54, 1.807) is 0 Å². The summed E-state index contributed by atoms with van der Waals surface area (Å²) in [5.74, 6) is 0. The van der Waals surface area contributed by atoms with Crippen LogP contribution in [-0.2, 0) is 37.4 Å². The van der Waals surface area contributed by atoms with Crippen molar-refractivity contribution in [2.45, 2.75) is 67.9 Å². The summed E-state index contributed by atoms with van der Waals surface area (Å²) >= 11 is -4.94. The van der Waals surface area contributed by atoms with Crippen molar-refractivity contribution in [3.05, 3.63) is 228 Å². The maximum absolute atomic E-state index is 6.12. The standard InChI is InChI=1S/C33H33.2C11H9.C5H5.CH2.Zr/c1-32(2,3)30-20-26-24(18-28(30)22-13-9-7-10-14-22)17-25-19-29(23-15-11-8-12-16-23)31(21-27(25)26)33(4,5)6;2*1-9-5-4-7-10-6-2-3-8-11(9)10;1-2-4-5-3-1;;/h7-21H,1-6H3;2*2-8H,1H2;1-5H;1H2;. The molecule has 0 aromatic heterocycles. The first kappa shape index (κ1) is 40.6. The van der Waals surface area contributed by atoms with Crippen LogP contribution in [-0.4, -0.2) is 4.21 Å². The van der Waals surface area contributed by atoms with Crippen LogP contribution in [0.5, 0.6) is 0 Å². The average Bonchev–Trinajstić information content (AvgIpc) is 3.94. The summed E-state index contributed by atoms with van der Waals surface area (Å²) in [4.78, 5) is 0. The molecular weight excluding hydrogens is 824 g/mol. The summed E-state index contributed by atoms with van der Waals surface area (Å²) in [6, 6.07) is 64.9. The van der Waals surface area contributed by atoms with E-state index >= 15 is 0 Å². The van der Waals surface area contributed by atoms with E-state index in [9.17, 15) is 0 Å². The SMILES string of the molecule is [CH2]=[Zr]([CH2]c1cccc2ccccc12)([CH2]c1cccc2ccccc12)([CH]1C=CC=C1)[CH]1c2cc(-c3ccccc3)c(C(C)(C)C)cc2-c2cc(C(C)(C)C)c(-c3ccccc3)cc21. The van der Waals surface area contributed by atoms with Crippen LogP contribution in [0.4, 0.5) is 0 Å². The van der Waals surface area contributed by atoms with Crippen LogP contribution in [0.3, 0.4) is 0 Å². The molecule has 0 atom stereocenters. The molecule has 0 aliphatic heterocycles. The Kier molecular flexibility index (Phi) is 9.88. The minimum absolute atomic E-state index is 0.0827. The molecule has 0 amide bonds. The Balaban J connectivity index is 1.38. The van der Waals surface area contributed by atoms with E-state index in [0.29, 0.717) is 0 Å². The maximum atomic E-state index is 6.12. The van der Waals surface area contributed by atoms with Crippen LogP contribution in [0.2, 0.25) is 3.63 Å². The van der Waals surface area contributed by atoms with E-state index in [1.165, 1.54) is 88.3 Å². The molecule has 0 N–H and O–H groups in total. The zero-order chi connectivity index (χ0) is 42.9. The summed E-state index contributed by atoms with van der Waals surface area (Å²) in [5.41, 5.74) is 16.4. The molecule has 0 heterocycles. The van der Waals surface area contributed by atoms with Gasteiger partial charge >= 0.3 is 373 Å². The molecule has 306 valence electrons. The molecule has 8 aromatic carbocycles. The van der Waals surface area contributed by atoms with Crippen molar-refractivity contribution in [3.8, 4) is 33.4 Å². The van der Waals surface area contributed by atoms with Crippen molar-refractivity contribution in [3.63, 3.8) is 0 Å². The van der Waals surface area contributed by atoms with E-state index in [1.807, 2.05) is 0 Å². The molecule has 0 saturated carbocycles. The van der Waals surface area contributed by atoms with Crippen LogP contribution in [0.1, 0.15) is 78.5 Å². The first-order chi connectivity index (χ1) is 29.8. The number of benzene rings is 8. The average molecular weight is 882 g/mol. The number of rotatable bonds is 8. The number of hydrogen-bond donors (Lipinski definition) is 0. The fourth-order valence-corrected chi connectivity index (χ4v) is 29.8. The summed E-state index contributed by atoms with van der Waals surface area (Å²) in [5, 5.41) is 5.29. The molecule has 0 radical (unpaired) electrons. The molecule has 0 nitrogen and oxygen atoms in total.